The summed E-state index contributed by atoms with van der Waals surface area (Å²) in [5.74, 6) is 0.0423. The Balaban J connectivity index is 1.02. The van der Waals surface area contributed by atoms with Gasteiger partial charge in [-0.1, -0.05) is 0 Å². The second-order valence-electron chi connectivity index (χ2n) is 11.3. The lowest BCUT2D eigenvalue weighted by Gasteiger charge is -2.39. The number of rotatable bonds is 4. The van der Waals surface area contributed by atoms with Gasteiger partial charge in [0.25, 0.3) is 5.69 Å². The number of amides is 2. The molecule has 16 heteroatoms. The van der Waals surface area contributed by atoms with E-state index in [9.17, 15) is 29.3 Å². The summed E-state index contributed by atoms with van der Waals surface area (Å²) in [4.78, 5) is 78.1. The van der Waals surface area contributed by atoms with Crippen molar-refractivity contribution in [3.05, 3.63) is 92.0 Å². The topological polar surface area (TPSA) is 183 Å². The largest absolute Gasteiger partial charge is 0.429 e. The summed E-state index contributed by atoms with van der Waals surface area (Å²) in [5.41, 5.74) is 0.916. The molecule has 236 valence electrons. The first-order chi connectivity index (χ1) is 22.3. The number of piperidine rings is 2. The number of likely N-dealkylation sites (tertiary alicyclic amines) is 2. The van der Waals surface area contributed by atoms with Gasteiger partial charge >= 0.3 is 23.5 Å². The zero-order valence-corrected chi connectivity index (χ0v) is 24.5. The minimum absolute atomic E-state index is 0.0369. The third-order valence-corrected chi connectivity index (χ3v) is 8.76. The number of carbonyl (C=O) groups excluding carboxylic acids is 2. The fourth-order valence-corrected chi connectivity index (χ4v) is 6.50. The molecule has 2 amide bonds. The summed E-state index contributed by atoms with van der Waals surface area (Å²) in [7, 11) is 0. The first-order valence-electron chi connectivity index (χ1n) is 14.9. The van der Waals surface area contributed by atoms with E-state index < -0.39 is 16.7 Å². The molecule has 0 spiro atoms. The summed E-state index contributed by atoms with van der Waals surface area (Å²) in [6.45, 7) is 1.86. The number of fused-ring (bicyclic) bond motifs is 2. The molecular weight excluding hydrogens is 598 g/mol. The summed E-state index contributed by atoms with van der Waals surface area (Å²) in [6.07, 6.45) is 4.39. The number of nitro benzene ring substituents is 1. The molecule has 0 atom stereocenters. The molecule has 4 aromatic heterocycles. The second-order valence-corrected chi connectivity index (χ2v) is 11.3. The minimum atomic E-state index is -0.983. The number of ether oxygens (including phenoxy) is 1. The van der Waals surface area contributed by atoms with Gasteiger partial charge in [-0.3, -0.25) is 24.2 Å². The molecule has 0 saturated carbocycles. The maximum atomic E-state index is 13.6. The highest BCUT2D eigenvalue weighted by molar-refractivity contribution is 5.85. The van der Waals surface area contributed by atoms with Gasteiger partial charge in [0.1, 0.15) is 5.75 Å². The van der Waals surface area contributed by atoms with Crippen molar-refractivity contribution < 1.29 is 19.2 Å². The van der Waals surface area contributed by atoms with E-state index in [2.05, 4.69) is 15.0 Å². The summed E-state index contributed by atoms with van der Waals surface area (Å²) < 4.78 is 9.48. The third kappa shape index (κ3) is 5.06. The van der Waals surface area contributed by atoms with Crippen molar-refractivity contribution in [1.29, 1.82) is 0 Å². The van der Waals surface area contributed by atoms with E-state index in [-0.39, 0.29) is 40.9 Å². The lowest BCUT2D eigenvalue weighted by Crippen LogP contribution is -2.50. The van der Waals surface area contributed by atoms with Crippen molar-refractivity contribution in [2.45, 2.75) is 37.8 Å². The van der Waals surface area contributed by atoms with Crippen LogP contribution >= 0.6 is 0 Å². The smallest absolute Gasteiger partial charge is 0.410 e. The van der Waals surface area contributed by atoms with Crippen molar-refractivity contribution in [2.24, 2.45) is 0 Å². The Morgan fingerprint density at radius 3 is 2.04 bits per heavy atom. The number of nitro groups is 1. The number of benzene rings is 1. The van der Waals surface area contributed by atoms with Gasteiger partial charge in [0.15, 0.2) is 11.3 Å². The molecule has 2 aliphatic rings. The lowest BCUT2D eigenvalue weighted by atomic mass is 10.0. The van der Waals surface area contributed by atoms with E-state index in [1.165, 1.54) is 35.0 Å². The van der Waals surface area contributed by atoms with Crippen molar-refractivity contribution in [1.82, 2.24) is 38.5 Å². The van der Waals surface area contributed by atoms with Crippen LogP contribution in [0.25, 0.3) is 22.3 Å². The Kier molecular flexibility index (Phi) is 7.30. The quantitative estimate of drug-likeness (QED) is 0.231. The first kappa shape index (κ1) is 28.9. The zero-order valence-electron chi connectivity index (χ0n) is 24.5. The summed E-state index contributed by atoms with van der Waals surface area (Å²) >= 11 is 0. The maximum Gasteiger partial charge on any atom is 0.429 e. The molecular formula is C30H29N9O7. The summed E-state index contributed by atoms with van der Waals surface area (Å²) in [5, 5.41) is 10.9. The Morgan fingerprint density at radius 2 is 1.41 bits per heavy atom. The molecule has 7 rings (SSSR count). The Labute approximate surface area is 259 Å². The zero-order chi connectivity index (χ0) is 31.9. The molecule has 0 aliphatic carbocycles. The van der Waals surface area contributed by atoms with Crippen LogP contribution in [0, 0.1) is 10.1 Å². The second kappa shape index (κ2) is 11.6. The minimum Gasteiger partial charge on any atom is -0.410 e. The molecule has 1 N–H and O–H groups in total. The van der Waals surface area contributed by atoms with Gasteiger partial charge in [0.05, 0.1) is 16.0 Å². The Hall–Kier alpha value is -5.80. The molecule has 6 heterocycles. The highest BCUT2D eigenvalue weighted by atomic mass is 16.6. The van der Waals surface area contributed by atoms with E-state index >= 15 is 0 Å². The molecule has 16 nitrogen and oxygen atoms in total. The van der Waals surface area contributed by atoms with Gasteiger partial charge in [-0.15, -0.1) is 0 Å². The van der Waals surface area contributed by atoms with Crippen LogP contribution in [0.15, 0.2) is 70.5 Å². The van der Waals surface area contributed by atoms with E-state index in [0.29, 0.717) is 63.0 Å². The van der Waals surface area contributed by atoms with Crippen LogP contribution in [0.1, 0.15) is 37.8 Å². The average Bonchev–Trinajstić information content (AvgIpc) is 3.57. The molecule has 2 aliphatic heterocycles. The molecule has 2 saturated heterocycles. The summed E-state index contributed by atoms with van der Waals surface area (Å²) in [6, 6.07) is 11.6. The maximum absolute atomic E-state index is 13.6. The van der Waals surface area contributed by atoms with E-state index in [4.69, 9.17) is 4.74 Å². The fourth-order valence-electron chi connectivity index (χ4n) is 6.50. The van der Waals surface area contributed by atoms with Gasteiger partial charge in [0.2, 0.25) is 0 Å². The average molecular weight is 628 g/mol. The number of carbonyl (C=O) groups is 2. The predicted molar refractivity (Wildman–Crippen MR) is 164 cm³/mol. The lowest BCUT2D eigenvalue weighted by molar-refractivity contribution is -0.384. The SMILES string of the molecule is O=C(N1CCC(n2c(=O)[nH]c3ncccc32)CC1)N1CCC(n2c(=O)n(C(=O)Oc3ccc([N+](=O)[O-])cc3)c3ncccc32)CC1. The number of pyridine rings is 2. The first-order valence-corrected chi connectivity index (χ1v) is 14.9. The number of nitrogens with zero attached hydrogens (tertiary/aromatic N) is 8. The van der Waals surface area contributed by atoms with Crippen molar-refractivity contribution in [3.63, 3.8) is 0 Å². The van der Waals surface area contributed by atoms with Gasteiger partial charge < -0.3 is 14.5 Å². The van der Waals surface area contributed by atoms with E-state index in [0.717, 1.165) is 10.1 Å². The number of imidazole rings is 2. The Morgan fingerprint density at radius 1 is 0.826 bits per heavy atom. The van der Waals surface area contributed by atoms with Crippen LogP contribution < -0.4 is 16.1 Å². The molecule has 0 unspecified atom stereocenters. The van der Waals surface area contributed by atoms with Crippen LogP contribution in [0.5, 0.6) is 5.75 Å². The highest BCUT2D eigenvalue weighted by Gasteiger charge is 2.33. The normalized spacial score (nSPS) is 16.3. The van der Waals surface area contributed by atoms with Crippen molar-refractivity contribution >= 4 is 40.1 Å². The van der Waals surface area contributed by atoms with E-state index in [1.54, 1.807) is 33.9 Å². The monoisotopic (exact) mass is 627 g/mol. The van der Waals surface area contributed by atoms with Gasteiger partial charge in [-0.25, -0.2) is 29.1 Å². The predicted octanol–water partition coefficient (Wildman–Crippen LogP) is 3.29. The van der Waals surface area contributed by atoms with Crippen molar-refractivity contribution in [2.75, 3.05) is 26.2 Å². The van der Waals surface area contributed by atoms with Crippen LogP contribution in [-0.4, -0.2) is 81.7 Å². The van der Waals surface area contributed by atoms with Crippen LogP contribution in [0.4, 0.5) is 15.3 Å². The molecule has 1 aromatic carbocycles. The number of aromatic nitrogens is 6. The molecule has 0 radical (unpaired) electrons. The van der Waals surface area contributed by atoms with Crippen LogP contribution in [-0.2, 0) is 0 Å². The number of hydrogen-bond acceptors (Lipinski definition) is 9. The molecule has 46 heavy (non-hydrogen) atoms. The number of urea groups is 1. The number of non-ortho nitro benzene ring substituents is 1. The Bertz CT molecular complexity index is 2080. The van der Waals surface area contributed by atoms with Gasteiger partial charge in [0, 0.05) is 62.8 Å². The molecule has 0 bridgehead atoms. The third-order valence-electron chi connectivity index (χ3n) is 8.76. The number of nitrogens with one attached hydrogen (secondary N) is 1. The number of hydrogen-bond donors (Lipinski definition) is 1. The van der Waals surface area contributed by atoms with Crippen LogP contribution in [0.2, 0.25) is 0 Å². The van der Waals surface area contributed by atoms with E-state index in [1.807, 2.05) is 11.0 Å². The van der Waals surface area contributed by atoms with Gasteiger partial charge in [-0.2, -0.15) is 4.57 Å². The standard InChI is InChI=1S/C30H29N9O7/c40-27-33-25-23(3-1-13-31-25)36(27)19-9-15-34(16-10-19)28(41)35-17-11-20(12-18-35)37-24-4-2-14-32-26(24)38(29(37)42)30(43)46-22-7-5-21(6-8-22)39(44)45/h1-8,13-14,19-20H,9-12,15-18H2,(H,31,33,40). The van der Waals surface area contributed by atoms with Crippen LogP contribution in [0.3, 0.4) is 0 Å². The van der Waals surface area contributed by atoms with Gasteiger partial charge in [-0.05, 0) is 62.1 Å². The van der Waals surface area contributed by atoms with Crippen molar-refractivity contribution in [3.8, 4) is 5.75 Å². The fraction of sp³-hybridized carbons (Fsp3) is 0.333. The highest BCUT2D eigenvalue weighted by Crippen LogP contribution is 2.29. The molecule has 5 aromatic rings. The number of H-pyrrole nitrogens is 1. The molecule has 2 fully saturated rings. The number of aromatic amines is 1.